The number of benzene rings is 1. The number of aryl methyl sites for hydroxylation is 1. The van der Waals surface area contributed by atoms with Crippen molar-refractivity contribution in [1.29, 1.82) is 0 Å². The highest BCUT2D eigenvalue weighted by molar-refractivity contribution is 5.99. The molecule has 0 fully saturated rings. The van der Waals surface area contributed by atoms with Gasteiger partial charge in [0.15, 0.2) is 0 Å². The highest BCUT2D eigenvalue weighted by atomic mass is 16.5. The summed E-state index contributed by atoms with van der Waals surface area (Å²) in [5.74, 6) is -2.62. The molecular formula is C10H10O5. The molecule has 2 N–H and O–H groups in total. The van der Waals surface area contributed by atoms with Crippen molar-refractivity contribution in [2.45, 2.75) is 6.92 Å². The van der Waals surface area contributed by atoms with Gasteiger partial charge in [-0.3, -0.25) is 0 Å². The number of aromatic carboxylic acids is 1. The number of aromatic hydroxyl groups is 1. The van der Waals surface area contributed by atoms with E-state index < -0.39 is 17.7 Å². The molecule has 0 heterocycles. The number of esters is 1. The average molecular weight is 210 g/mol. The predicted molar refractivity (Wildman–Crippen MR) is 51.1 cm³/mol. The van der Waals surface area contributed by atoms with E-state index in [-0.39, 0.29) is 11.1 Å². The normalized spacial score (nSPS) is 9.73. The van der Waals surface area contributed by atoms with E-state index in [9.17, 15) is 14.7 Å². The highest BCUT2D eigenvalue weighted by Crippen LogP contribution is 2.25. The van der Waals surface area contributed by atoms with Crippen molar-refractivity contribution < 1.29 is 24.5 Å². The Balaban J connectivity index is 3.41. The summed E-state index contributed by atoms with van der Waals surface area (Å²) in [4.78, 5) is 21.9. The van der Waals surface area contributed by atoms with E-state index in [2.05, 4.69) is 4.74 Å². The number of carboxylic acids is 1. The molecule has 15 heavy (non-hydrogen) atoms. The first kappa shape index (κ1) is 11.0. The molecule has 0 saturated heterocycles. The molecular weight excluding hydrogens is 200 g/mol. The minimum Gasteiger partial charge on any atom is -0.506 e. The van der Waals surface area contributed by atoms with Crippen molar-refractivity contribution in [3.63, 3.8) is 0 Å². The summed E-state index contributed by atoms with van der Waals surface area (Å²) >= 11 is 0. The molecule has 0 radical (unpaired) electrons. The first-order chi connectivity index (χ1) is 6.97. The summed E-state index contributed by atoms with van der Waals surface area (Å²) in [5, 5.41) is 18.3. The van der Waals surface area contributed by atoms with Crippen LogP contribution in [-0.2, 0) is 4.74 Å². The Hall–Kier alpha value is -2.04. The molecule has 0 aliphatic rings. The lowest BCUT2D eigenvalue weighted by Crippen LogP contribution is -2.06. The number of hydrogen-bond donors (Lipinski definition) is 2. The third-order valence-electron chi connectivity index (χ3n) is 1.89. The van der Waals surface area contributed by atoms with Crippen LogP contribution in [0.25, 0.3) is 0 Å². The number of carbonyl (C=O) groups excluding carboxylic acids is 1. The van der Waals surface area contributed by atoms with Gasteiger partial charge in [0.2, 0.25) is 0 Å². The second-order valence-corrected chi connectivity index (χ2v) is 3.01. The van der Waals surface area contributed by atoms with Gasteiger partial charge in [-0.15, -0.1) is 0 Å². The summed E-state index contributed by atoms with van der Waals surface area (Å²) in [6.45, 7) is 1.62. The molecule has 1 aromatic rings. The lowest BCUT2D eigenvalue weighted by atomic mass is 10.0. The fourth-order valence-electron chi connectivity index (χ4n) is 1.21. The van der Waals surface area contributed by atoms with Crippen molar-refractivity contribution in [1.82, 2.24) is 0 Å². The first-order valence-electron chi connectivity index (χ1n) is 4.12. The maximum absolute atomic E-state index is 11.2. The van der Waals surface area contributed by atoms with Gasteiger partial charge in [0, 0.05) is 0 Å². The number of carboxylic acid groups (broad SMARTS) is 1. The largest absolute Gasteiger partial charge is 0.506 e. The third-order valence-corrected chi connectivity index (χ3v) is 1.89. The summed E-state index contributed by atoms with van der Waals surface area (Å²) in [6.07, 6.45) is 0. The van der Waals surface area contributed by atoms with Gasteiger partial charge in [0.05, 0.1) is 7.11 Å². The Morgan fingerprint density at radius 3 is 2.27 bits per heavy atom. The number of phenols is 1. The third kappa shape index (κ3) is 2.07. The molecule has 0 aliphatic carbocycles. The summed E-state index contributed by atoms with van der Waals surface area (Å²) in [7, 11) is 1.16. The topological polar surface area (TPSA) is 83.8 Å². The summed E-state index contributed by atoms with van der Waals surface area (Å²) in [5.41, 5.74) is 0.107. The van der Waals surface area contributed by atoms with Gasteiger partial charge in [0.1, 0.15) is 16.9 Å². The van der Waals surface area contributed by atoms with Gasteiger partial charge in [-0.2, -0.15) is 0 Å². The van der Waals surface area contributed by atoms with Crippen LogP contribution in [0.1, 0.15) is 26.3 Å². The van der Waals surface area contributed by atoms with Gasteiger partial charge in [-0.25, -0.2) is 9.59 Å². The van der Waals surface area contributed by atoms with E-state index in [1.807, 2.05) is 0 Å². The van der Waals surface area contributed by atoms with E-state index in [4.69, 9.17) is 5.11 Å². The summed E-state index contributed by atoms with van der Waals surface area (Å²) in [6, 6.07) is 2.65. The standard InChI is InChI=1S/C10H10O5/c1-5-3-6(9(12)13)8(11)7(4-5)10(14)15-2/h3-4,11H,1-2H3,(H,12,13). The van der Waals surface area contributed by atoms with Crippen LogP contribution in [0.15, 0.2) is 12.1 Å². The lowest BCUT2D eigenvalue weighted by Gasteiger charge is -2.06. The first-order valence-corrected chi connectivity index (χ1v) is 4.12. The van der Waals surface area contributed by atoms with Crippen LogP contribution in [-0.4, -0.2) is 29.3 Å². The molecule has 0 aliphatic heterocycles. The zero-order valence-corrected chi connectivity index (χ0v) is 8.27. The van der Waals surface area contributed by atoms with E-state index in [0.717, 1.165) is 7.11 Å². The Kier molecular flexibility index (Phi) is 2.94. The number of hydrogen-bond acceptors (Lipinski definition) is 4. The van der Waals surface area contributed by atoms with E-state index >= 15 is 0 Å². The quantitative estimate of drug-likeness (QED) is 0.716. The van der Waals surface area contributed by atoms with Crippen molar-refractivity contribution >= 4 is 11.9 Å². The van der Waals surface area contributed by atoms with Crippen LogP contribution in [0, 0.1) is 6.92 Å². The molecule has 0 bridgehead atoms. The predicted octanol–water partition coefficient (Wildman–Crippen LogP) is 1.19. The smallest absolute Gasteiger partial charge is 0.341 e. The van der Waals surface area contributed by atoms with Crippen LogP contribution >= 0.6 is 0 Å². The molecule has 0 spiro atoms. The second kappa shape index (κ2) is 4.00. The molecule has 80 valence electrons. The van der Waals surface area contributed by atoms with Crippen molar-refractivity contribution in [2.24, 2.45) is 0 Å². The monoisotopic (exact) mass is 210 g/mol. The van der Waals surface area contributed by atoms with Crippen LogP contribution in [0.3, 0.4) is 0 Å². The van der Waals surface area contributed by atoms with Gasteiger partial charge < -0.3 is 14.9 Å². The number of methoxy groups -OCH3 is 1. The number of carbonyl (C=O) groups is 2. The van der Waals surface area contributed by atoms with E-state index in [0.29, 0.717) is 5.56 Å². The minimum absolute atomic E-state index is 0.144. The van der Waals surface area contributed by atoms with Gasteiger partial charge in [-0.05, 0) is 24.6 Å². The zero-order chi connectivity index (χ0) is 11.6. The maximum Gasteiger partial charge on any atom is 0.341 e. The van der Waals surface area contributed by atoms with E-state index in [1.54, 1.807) is 6.92 Å². The van der Waals surface area contributed by atoms with Gasteiger partial charge >= 0.3 is 11.9 Å². The molecule has 0 amide bonds. The van der Waals surface area contributed by atoms with Gasteiger partial charge in [-0.1, -0.05) is 0 Å². The molecule has 0 unspecified atom stereocenters. The Morgan fingerprint density at radius 2 is 1.80 bits per heavy atom. The molecule has 5 nitrogen and oxygen atoms in total. The Bertz CT molecular complexity index is 422. The number of rotatable bonds is 2. The minimum atomic E-state index is -1.29. The van der Waals surface area contributed by atoms with Crippen LogP contribution < -0.4 is 0 Å². The van der Waals surface area contributed by atoms with Crippen LogP contribution in [0.4, 0.5) is 0 Å². The van der Waals surface area contributed by atoms with Crippen molar-refractivity contribution in [2.75, 3.05) is 7.11 Å². The SMILES string of the molecule is COC(=O)c1cc(C)cc(C(=O)O)c1O. The van der Waals surface area contributed by atoms with Crippen LogP contribution in [0.2, 0.25) is 0 Å². The summed E-state index contributed by atoms with van der Waals surface area (Å²) < 4.78 is 4.41. The molecule has 5 heteroatoms. The average Bonchev–Trinajstić information content (AvgIpc) is 2.19. The molecule has 1 rings (SSSR count). The van der Waals surface area contributed by atoms with E-state index in [1.165, 1.54) is 12.1 Å². The van der Waals surface area contributed by atoms with Crippen molar-refractivity contribution in [3.8, 4) is 5.75 Å². The molecule has 0 atom stereocenters. The van der Waals surface area contributed by atoms with Gasteiger partial charge in [0.25, 0.3) is 0 Å². The second-order valence-electron chi connectivity index (χ2n) is 3.01. The molecule has 0 aromatic heterocycles. The fraction of sp³-hybridized carbons (Fsp3) is 0.200. The Labute approximate surface area is 85.9 Å². The Morgan fingerprint density at radius 1 is 1.27 bits per heavy atom. The zero-order valence-electron chi connectivity index (χ0n) is 8.27. The lowest BCUT2D eigenvalue weighted by molar-refractivity contribution is 0.0597. The maximum atomic E-state index is 11.2. The van der Waals surface area contributed by atoms with Crippen LogP contribution in [0.5, 0.6) is 5.75 Å². The fourth-order valence-corrected chi connectivity index (χ4v) is 1.21. The molecule has 1 aromatic carbocycles. The number of ether oxygens (including phenoxy) is 1. The highest BCUT2D eigenvalue weighted by Gasteiger charge is 2.19. The van der Waals surface area contributed by atoms with Crippen molar-refractivity contribution in [3.05, 3.63) is 28.8 Å². The molecule has 0 saturated carbocycles.